The molecule has 2 aliphatic rings. The first-order chi connectivity index (χ1) is 9.38. The Balaban J connectivity index is 1.94. The molecule has 0 bridgehead atoms. The molecule has 1 atom stereocenters. The molecular weight excluding hydrogens is 284 g/mol. The van der Waals surface area contributed by atoms with Gasteiger partial charge >= 0.3 is 5.97 Å². The van der Waals surface area contributed by atoms with Gasteiger partial charge in [-0.15, -0.1) is 0 Å². The third kappa shape index (κ3) is 3.91. The smallest absolute Gasteiger partial charge is 0.307 e. The van der Waals surface area contributed by atoms with Crippen molar-refractivity contribution in [2.75, 3.05) is 13.1 Å². The van der Waals surface area contributed by atoms with Crippen molar-refractivity contribution in [2.45, 2.75) is 50.7 Å². The Labute approximate surface area is 119 Å². The predicted octanol–water partition coefficient (Wildman–Crippen LogP) is -0.0791. The van der Waals surface area contributed by atoms with Crippen LogP contribution in [0.15, 0.2) is 0 Å². The number of rotatable bonds is 4. The van der Waals surface area contributed by atoms with Crippen LogP contribution in [-0.2, 0) is 15.0 Å². The molecule has 0 spiro atoms. The molecule has 0 radical (unpaired) electrons. The zero-order chi connectivity index (χ0) is 14.8. The first kappa shape index (κ1) is 15.7. The maximum atomic E-state index is 12.3. The van der Waals surface area contributed by atoms with E-state index >= 15 is 0 Å². The van der Waals surface area contributed by atoms with Crippen molar-refractivity contribution in [3.8, 4) is 0 Å². The first-order valence-electron chi connectivity index (χ1n) is 7.07. The molecule has 1 saturated heterocycles. The molecular formula is C12H22N2O5S. The largest absolute Gasteiger partial charge is 0.481 e. The second-order valence-corrected chi connectivity index (χ2v) is 7.37. The van der Waals surface area contributed by atoms with Gasteiger partial charge < -0.3 is 10.2 Å². The average Bonchev–Trinajstić information content (AvgIpc) is 2.41. The molecule has 3 N–H and O–H groups in total. The van der Waals surface area contributed by atoms with E-state index in [1.165, 1.54) is 4.31 Å². The minimum absolute atomic E-state index is 0.0417. The van der Waals surface area contributed by atoms with Gasteiger partial charge in [0.2, 0.25) is 0 Å². The maximum Gasteiger partial charge on any atom is 0.307 e. The van der Waals surface area contributed by atoms with Crippen LogP contribution < -0.4 is 4.72 Å². The Kier molecular flexibility index (Phi) is 5.00. The number of aliphatic hydroxyl groups excluding tert-OH is 1. The highest BCUT2D eigenvalue weighted by Gasteiger charge is 2.34. The number of carboxylic acid groups (broad SMARTS) is 1. The van der Waals surface area contributed by atoms with Crippen LogP contribution in [0.25, 0.3) is 0 Å². The summed E-state index contributed by atoms with van der Waals surface area (Å²) < 4.78 is 28.4. The van der Waals surface area contributed by atoms with Crippen LogP contribution in [0, 0.1) is 5.92 Å². The van der Waals surface area contributed by atoms with E-state index in [0.29, 0.717) is 45.1 Å². The standard InChI is InChI=1S/C12H22N2O5S/c15-11-5-3-10(4-6-11)13-20(18,19)14-7-1-2-9(8-14)12(16)17/h9-11,13,15H,1-8H2,(H,16,17). The molecule has 1 heterocycles. The molecule has 2 rings (SSSR count). The third-order valence-electron chi connectivity index (χ3n) is 4.09. The monoisotopic (exact) mass is 306 g/mol. The predicted molar refractivity (Wildman–Crippen MR) is 72.3 cm³/mol. The summed E-state index contributed by atoms with van der Waals surface area (Å²) in [5, 5.41) is 18.4. The molecule has 7 nitrogen and oxygen atoms in total. The van der Waals surface area contributed by atoms with Crippen LogP contribution >= 0.6 is 0 Å². The summed E-state index contributed by atoms with van der Waals surface area (Å²) in [6, 6.07) is -0.159. The molecule has 1 aliphatic heterocycles. The summed E-state index contributed by atoms with van der Waals surface area (Å²) in [5.41, 5.74) is 0. The lowest BCUT2D eigenvalue weighted by Gasteiger charge is -2.33. The van der Waals surface area contributed by atoms with E-state index in [0.717, 1.165) is 0 Å². The van der Waals surface area contributed by atoms with Crippen molar-refractivity contribution in [2.24, 2.45) is 5.92 Å². The van der Waals surface area contributed by atoms with Crippen molar-refractivity contribution in [1.29, 1.82) is 0 Å². The van der Waals surface area contributed by atoms with Crippen molar-refractivity contribution in [3.05, 3.63) is 0 Å². The molecule has 0 aromatic rings. The molecule has 20 heavy (non-hydrogen) atoms. The normalized spacial score (nSPS) is 33.0. The van der Waals surface area contributed by atoms with E-state index in [2.05, 4.69) is 4.72 Å². The molecule has 0 aromatic carbocycles. The summed E-state index contributed by atoms with van der Waals surface area (Å²) in [4.78, 5) is 11.0. The molecule has 0 aromatic heterocycles. The number of nitrogens with zero attached hydrogens (tertiary/aromatic N) is 1. The Bertz CT molecular complexity index is 445. The molecule has 116 valence electrons. The maximum absolute atomic E-state index is 12.3. The minimum Gasteiger partial charge on any atom is -0.481 e. The van der Waals surface area contributed by atoms with Gasteiger partial charge in [0, 0.05) is 19.1 Å². The fourth-order valence-electron chi connectivity index (χ4n) is 2.84. The van der Waals surface area contributed by atoms with E-state index in [4.69, 9.17) is 5.11 Å². The summed E-state index contributed by atoms with van der Waals surface area (Å²) in [5.74, 6) is -1.56. The number of hydrogen-bond acceptors (Lipinski definition) is 4. The van der Waals surface area contributed by atoms with Crippen molar-refractivity contribution < 1.29 is 23.4 Å². The Hall–Kier alpha value is -0.700. The Morgan fingerprint density at radius 3 is 2.40 bits per heavy atom. The van der Waals surface area contributed by atoms with Gasteiger partial charge in [0.1, 0.15) is 0 Å². The van der Waals surface area contributed by atoms with Gasteiger partial charge in [-0.05, 0) is 38.5 Å². The second-order valence-electron chi connectivity index (χ2n) is 5.66. The molecule has 2 fully saturated rings. The number of carbonyl (C=O) groups is 1. The van der Waals surface area contributed by atoms with Gasteiger partial charge in [0.05, 0.1) is 12.0 Å². The van der Waals surface area contributed by atoms with Crippen LogP contribution in [0.3, 0.4) is 0 Å². The summed E-state index contributed by atoms with van der Waals surface area (Å²) in [6.45, 7) is 0.411. The fourth-order valence-corrected chi connectivity index (χ4v) is 4.39. The van der Waals surface area contributed by atoms with Gasteiger partial charge in [-0.2, -0.15) is 17.4 Å². The van der Waals surface area contributed by atoms with Crippen LogP contribution in [0.5, 0.6) is 0 Å². The number of aliphatic carboxylic acids is 1. The van der Waals surface area contributed by atoms with E-state index < -0.39 is 22.1 Å². The number of piperidine rings is 1. The molecule has 1 aliphatic carbocycles. The Morgan fingerprint density at radius 2 is 1.80 bits per heavy atom. The van der Waals surface area contributed by atoms with Crippen LogP contribution in [0.2, 0.25) is 0 Å². The zero-order valence-corrected chi connectivity index (χ0v) is 12.2. The summed E-state index contributed by atoms with van der Waals surface area (Å²) >= 11 is 0. The topological polar surface area (TPSA) is 107 Å². The highest BCUT2D eigenvalue weighted by atomic mass is 32.2. The number of carboxylic acids is 1. The SMILES string of the molecule is O=C(O)C1CCCN(S(=O)(=O)NC2CCC(O)CC2)C1. The van der Waals surface area contributed by atoms with E-state index in [1.807, 2.05) is 0 Å². The molecule has 1 unspecified atom stereocenters. The van der Waals surface area contributed by atoms with Crippen molar-refractivity contribution in [1.82, 2.24) is 9.03 Å². The number of nitrogens with one attached hydrogen (secondary N) is 1. The highest BCUT2D eigenvalue weighted by molar-refractivity contribution is 7.87. The number of hydrogen-bond donors (Lipinski definition) is 3. The third-order valence-corrected chi connectivity index (χ3v) is 5.73. The van der Waals surface area contributed by atoms with Crippen LogP contribution in [0.4, 0.5) is 0 Å². The van der Waals surface area contributed by atoms with Crippen molar-refractivity contribution >= 4 is 16.2 Å². The van der Waals surface area contributed by atoms with Gasteiger partial charge in [0.25, 0.3) is 10.2 Å². The van der Waals surface area contributed by atoms with Gasteiger partial charge in [-0.25, -0.2) is 0 Å². The van der Waals surface area contributed by atoms with Gasteiger partial charge in [0.15, 0.2) is 0 Å². The lowest BCUT2D eigenvalue weighted by Crippen LogP contribution is -2.50. The Morgan fingerprint density at radius 1 is 1.15 bits per heavy atom. The second kappa shape index (κ2) is 6.38. The van der Waals surface area contributed by atoms with Crippen LogP contribution in [0.1, 0.15) is 38.5 Å². The van der Waals surface area contributed by atoms with Gasteiger partial charge in [-0.3, -0.25) is 4.79 Å². The van der Waals surface area contributed by atoms with E-state index in [9.17, 15) is 18.3 Å². The lowest BCUT2D eigenvalue weighted by molar-refractivity contribution is -0.142. The van der Waals surface area contributed by atoms with E-state index in [1.54, 1.807) is 0 Å². The summed E-state index contributed by atoms with van der Waals surface area (Å²) in [7, 11) is -3.63. The quantitative estimate of drug-likeness (QED) is 0.673. The van der Waals surface area contributed by atoms with E-state index in [-0.39, 0.29) is 18.7 Å². The fraction of sp³-hybridized carbons (Fsp3) is 0.917. The van der Waals surface area contributed by atoms with Crippen molar-refractivity contribution in [3.63, 3.8) is 0 Å². The van der Waals surface area contributed by atoms with Gasteiger partial charge in [-0.1, -0.05) is 0 Å². The van der Waals surface area contributed by atoms with Crippen LogP contribution in [-0.4, -0.2) is 54.1 Å². The molecule has 0 amide bonds. The average molecular weight is 306 g/mol. The molecule has 1 saturated carbocycles. The first-order valence-corrected chi connectivity index (χ1v) is 8.51. The minimum atomic E-state index is -3.63. The zero-order valence-electron chi connectivity index (χ0n) is 11.4. The lowest BCUT2D eigenvalue weighted by atomic mass is 9.94. The highest BCUT2D eigenvalue weighted by Crippen LogP contribution is 2.22. The number of aliphatic hydroxyl groups is 1. The molecule has 8 heteroatoms. The summed E-state index contributed by atoms with van der Waals surface area (Å²) in [6.07, 6.45) is 3.21.